The third kappa shape index (κ3) is 4.42. The van der Waals surface area contributed by atoms with Crippen LogP contribution in [0.25, 0.3) is 0 Å². The highest BCUT2D eigenvalue weighted by molar-refractivity contribution is 4.90. The Balaban J connectivity index is 1.79. The van der Waals surface area contributed by atoms with Crippen LogP contribution in [0.3, 0.4) is 0 Å². The van der Waals surface area contributed by atoms with Crippen molar-refractivity contribution in [3.05, 3.63) is 0 Å². The summed E-state index contributed by atoms with van der Waals surface area (Å²) in [6.07, 6.45) is 2.26. The average Bonchev–Trinajstić information content (AvgIpc) is 2.36. The SMILES string of the molecule is CN1CCN(C(C)(C)CNC2CCOC(C)(C)C2)CC1. The minimum absolute atomic E-state index is 0.0356. The molecule has 4 nitrogen and oxygen atoms in total. The zero-order valence-electron chi connectivity index (χ0n) is 14.0. The topological polar surface area (TPSA) is 27.7 Å². The summed E-state index contributed by atoms with van der Waals surface area (Å²) in [6.45, 7) is 15.8. The molecule has 20 heavy (non-hydrogen) atoms. The lowest BCUT2D eigenvalue weighted by Gasteiger charge is -2.45. The number of hydrogen-bond donors (Lipinski definition) is 1. The van der Waals surface area contributed by atoms with Gasteiger partial charge in [0.15, 0.2) is 0 Å². The van der Waals surface area contributed by atoms with E-state index in [4.69, 9.17) is 4.74 Å². The van der Waals surface area contributed by atoms with Crippen LogP contribution < -0.4 is 5.32 Å². The molecule has 1 atom stereocenters. The van der Waals surface area contributed by atoms with Gasteiger partial charge in [0.25, 0.3) is 0 Å². The molecule has 0 saturated carbocycles. The Morgan fingerprint density at radius 3 is 2.45 bits per heavy atom. The average molecular weight is 283 g/mol. The molecule has 2 aliphatic rings. The van der Waals surface area contributed by atoms with Crippen LogP contribution in [0.5, 0.6) is 0 Å². The van der Waals surface area contributed by atoms with Crippen LogP contribution in [0, 0.1) is 0 Å². The lowest BCUT2D eigenvalue weighted by molar-refractivity contribution is -0.0645. The van der Waals surface area contributed by atoms with Gasteiger partial charge in [-0.3, -0.25) is 4.90 Å². The van der Waals surface area contributed by atoms with Crippen LogP contribution in [-0.4, -0.2) is 73.4 Å². The van der Waals surface area contributed by atoms with Crippen molar-refractivity contribution in [3.63, 3.8) is 0 Å². The fraction of sp³-hybridized carbons (Fsp3) is 1.00. The van der Waals surface area contributed by atoms with Crippen molar-refractivity contribution in [2.75, 3.05) is 46.4 Å². The molecule has 0 aromatic rings. The van der Waals surface area contributed by atoms with Gasteiger partial charge in [0.1, 0.15) is 0 Å². The second kappa shape index (κ2) is 6.30. The number of ether oxygens (including phenoxy) is 1. The molecule has 2 fully saturated rings. The van der Waals surface area contributed by atoms with Gasteiger partial charge in [0.05, 0.1) is 5.60 Å². The summed E-state index contributed by atoms with van der Waals surface area (Å²) in [5, 5.41) is 3.79. The zero-order chi connectivity index (χ0) is 14.8. The van der Waals surface area contributed by atoms with Gasteiger partial charge in [-0.25, -0.2) is 0 Å². The van der Waals surface area contributed by atoms with E-state index in [9.17, 15) is 0 Å². The molecule has 2 heterocycles. The van der Waals surface area contributed by atoms with Crippen molar-refractivity contribution >= 4 is 0 Å². The van der Waals surface area contributed by atoms with Crippen LogP contribution in [0.2, 0.25) is 0 Å². The molecule has 1 N–H and O–H groups in total. The summed E-state index contributed by atoms with van der Waals surface area (Å²) >= 11 is 0. The fourth-order valence-corrected chi connectivity index (χ4v) is 3.32. The Morgan fingerprint density at radius 1 is 1.20 bits per heavy atom. The van der Waals surface area contributed by atoms with E-state index in [0.717, 1.165) is 26.0 Å². The van der Waals surface area contributed by atoms with E-state index >= 15 is 0 Å². The summed E-state index contributed by atoms with van der Waals surface area (Å²) in [4.78, 5) is 5.05. The Labute approximate surface area is 124 Å². The summed E-state index contributed by atoms with van der Waals surface area (Å²) in [5.74, 6) is 0. The largest absolute Gasteiger partial charge is 0.375 e. The molecular weight excluding hydrogens is 250 g/mol. The first kappa shape index (κ1) is 16.2. The molecule has 4 heteroatoms. The number of nitrogens with zero attached hydrogens (tertiary/aromatic N) is 2. The molecule has 2 saturated heterocycles. The molecule has 1 unspecified atom stereocenters. The quantitative estimate of drug-likeness (QED) is 0.847. The third-order valence-corrected chi connectivity index (χ3v) is 4.88. The van der Waals surface area contributed by atoms with Crippen LogP contribution in [0.15, 0.2) is 0 Å². The Hall–Kier alpha value is -0.160. The number of likely N-dealkylation sites (N-methyl/N-ethyl adjacent to an activating group) is 1. The normalized spacial score (nSPS) is 29.6. The first-order valence-electron chi connectivity index (χ1n) is 8.09. The number of piperazine rings is 1. The van der Waals surface area contributed by atoms with E-state index in [1.54, 1.807) is 0 Å². The monoisotopic (exact) mass is 283 g/mol. The highest BCUT2D eigenvalue weighted by Gasteiger charge is 2.32. The molecule has 0 aromatic heterocycles. The van der Waals surface area contributed by atoms with E-state index in [1.807, 2.05) is 0 Å². The van der Waals surface area contributed by atoms with Gasteiger partial charge >= 0.3 is 0 Å². The van der Waals surface area contributed by atoms with E-state index in [2.05, 4.69) is 49.9 Å². The summed E-state index contributed by atoms with van der Waals surface area (Å²) in [6, 6.07) is 0.602. The zero-order valence-corrected chi connectivity index (χ0v) is 14.0. The second-order valence-corrected chi connectivity index (χ2v) is 7.78. The van der Waals surface area contributed by atoms with Crippen molar-refractivity contribution in [2.45, 2.75) is 57.7 Å². The lowest BCUT2D eigenvalue weighted by atomic mass is 9.92. The van der Waals surface area contributed by atoms with Crippen LogP contribution in [0.4, 0.5) is 0 Å². The van der Waals surface area contributed by atoms with Gasteiger partial charge in [-0.15, -0.1) is 0 Å². The minimum Gasteiger partial charge on any atom is -0.375 e. The molecule has 118 valence electrons. The predicted octanol–water partition coefficient (Wildman–Crippen LogP) is 1.56. The van der Waals surface area contributed by atoms with E-state index < -0.39 is 0 Å². The molecule has 0 bridgehead atoms. The first-order chi connectivity index (χ1) is 9.28. The molecule has 0 spiro atoms. The van der Waals surface area contributed by atoms with Crippen molar-refractivity contribution in [2.24, 2.45) is 0 Å². The molecule has 0 aliphatic carbocycles. The Bertz CT molecular complexity index is 309. The van der Waals surface area contributed by atoms with Gasteiger partial charge in [-0.2, -0.15) is 0 Å². The lowest BCUT2D eigenvalue weighted by Crippen LogP contribution is -2.58. The minimum atomic E-state index is 0.0356. The Kier molecular flexibility index (Phi) is 5.11. The number of hydrogen-bond acceptors (Lipinski definition) is 4. The fourth-order valence-electron chi connectivity index (χ4n) is 3.32. The van der Waals surface area contributed by atoms with Gasteiger partial charge < -0.3 is 15.0 Å². The predicted molar refractivity (Wildman–Crippen MR) is 84.2 cm³/mol. The highest BCUT2D eigenvalue weighted by atomic mass is 16.5. The summed E-state index contributed by atoms with van der Waals surface area (Å²) < 4.78 is 5.80. The standard InChI is InChI=1S/C16H33N3O/c1-15(2,19-9-7-18(5)8-10-19)13-17-14-6-11-20-16(3,4)12-14/h14,17H,6-13H2,1-5H3. The van der Waals surface area contributed by atoms with E-state index in [1.165, 1.54) is 26.2 Å². The molecule has 0 amide bonds. The van der Waals surface area contributed by atoms with Gasteiger partial charge in [0.2, 0.25) is 0 Å². The van der Waals surface area contributed by atoms with Crippen molar-refractivity contribution < 1.29 is 4.74 Å². The molecule has 2 rings (SSSR count). The smallest absolute Gasteiger partial charge is 0.0641 e. The summed E-state index contributed by atoms with van der Waals surface area (Å²) in [7, 11) is 2.21. The molecule has 2 aliphatic heterocycles. The molecular formula is C16H33N3O. The Morgan fingerprint density at radius 2 is 1.85 bits per heavy atom. The maximum atomic E-state index is 5.80. The van der Waals surface area contributed by atoms with Crippen LogP contribution >= 0.6 is 0 Å². The third-order valence-electron chi connectivity index (χ3n) is 4.88. The van der Waals surface area contributed by atoms with E-state index in [-0.39, 0.29) is 11.1 Å². The summed E-state index contributed by atoms with van der Waals surface area (Å²) in [5.41, 5.74) is 0.275. The van der Waals surface area contributed by atoms with Gasteiger partial charge in [-0.05, 0) is 47.6 Å². The van der Waals surface area contributed by atoms with Gasteiger partial charge in [-0.1, -0.05) is 0 Å². The second-order valence-electron chi connectivity index (χ2n) is 7.78. The molecule has 0 aromatic carbocycles. The van der Waals surface area contributed by atoms with Crippen molar-refractivity contribution in [1.82, 2.24) is 15.1 Å². The van der Waals surface area contributed by atoms with Crippen molar-refractivity contribution in [3.8, 4) is 0 Å². The number of rotatable bonds is 4. The molecule has 0 radical (unpaired) electrons. The van der Waals surface area contributed by atoms with E-state index in [0.29, 0.717) is 6.04 Å². The first-order valence-corrected chi connectivity index (χ1v) is 8.09. The van der Waals surface area contributed by atoms with Crippen molar-refractivity contribution in [1.29, 1.82) is 0 Å². The maximum Gasteiger partial charge on any atom is 0.0641 e. The maximum absolute atomic E-state index is 5.80. The highest BCUT2D eigenvalue weighted by Crippen LogP contribution is 2.24. The number of nitrogens with one attached hydrogen (secondary N) is 1. The van der Waals surface area contributed by atoms with Crippen LogP contribution in [0.1, 0.15) is 40.5 Å². The van der Waals surface area contributed by atoms with Gasteiger partial charge in [0, 0.05) is 50.9 Å². The van der Waals surface area contributed by atoms with Crippen LogP contribution in [-0.2, 0) is 4.74 Å².